The van der Waals surface area contributed by atoms with Crippen molar-refractivity contribution in [2.45, 2.75) is 147 Å². The van der Waals surface area contributed by atoms with Crippen LogP contribution in [0.1, 0.15) is 168 Å². The lowest BCUT2D eigenvalue weighted by Crippen LogP contribution is -2.10. The van der Waals surface area contributed by atoms with Crippen LogP contribution in [0, 0.1) is 35.5 Å². The molecule has 0 aliphatic heterocycles. The second-order valence-corrected chi connectivity index (χ2v) is 13.8. The number of aryl methyl sites for hydroxylation is 1. The Labute approximate surface area is 271 Å². The van der Waals surface area contributed by atoms with Gasteiger partial charge >= 0.3 is 0 Å². The Morgan fingerprint density at radius 1 is 0.744 bits per heavy atom. The van der Waals surface area contributed by atoms with Gasteiger partial charge in [0, 0.05) is 31.1 Å². The fourth-order valence-corrected chi connectivity index (χ4v) is 5.44. The van der Waals surface area contributed by atoms with Crippen LogP contribution in [0.15, 0.2) is 23.8 Å². The number of carbonyl (C=O) groups is 2. The van der Waals surface area contributed by atoms with Gasteiger partial charge in [0.1, 0.15) is 5.69 Å². The van der Waals surface area contributed by atoms with Gasteiger partial charge in [-0.15, -0.1) is 0 Å². The molecule has 2 rings (SSSR count). The second kappa shape index (κ2) is 26.6. The van der Waals surface area contributed by atoms with Crippen molar-refractivity contribution in [3.8, 4) is 0 Å². The highest BCUT2D eigenvalue weighted by molar-refractivity contribution is 7.03. The van der Waals surface area contributed by atoms with E-state index in [1.165, 1.54) is 89.6 Å². The van der Waals surface area contributed by atoms with Gasteiger partial charge in [-0.25, -0.2) is 4.37 Å². The molecule has 0 amide bonds. The van der Waals surface area contributed by atoms with E-state index in [0.29, 0.717) is 11.3 Å². The van der Waals surface area contributed by atoms with Crippen LogP contribution in [0.2, 0.25) is 0 Å². The van der Waals surface area contributed by atoms with Crippen molar-refractivity contribution < 1.29 is 9.59 Å². The van der Waals surface area contributed by atoms with Crippen molar-refractivity contribution >= 4 is 23.1 Å². The number of aromatic nitrogens is 3. The molecule has 2 aromatic rings. The average molecular weight is 620 g/mol. The zero-order valence-electron chi connectivity index (χ0n) is 30.4. The molecule has 0 spiro atoms. The summed E-state index contributed by atoms with van der Waals surface area (Å²) in [6, 6.07) is 1.70. The van der Waals surface area contributed by atoms with E-state index in [9.17, 15) is 9.59 Å². The maximum Gasteiger partial charge on any atom is 0.177 e. The minimum atomic E-state index is 0.0509. The molecule has 0 aliphatic carbocycles. The largest absolute Gasteiger partial charge is 0.294 e. The number of nitrogens with zero attached hydrogens (tertiary/aromatic N) is 3. The topological polar surface area (TPSA) is 64.8 Å². The maximum atomic E-state index is 10.7. The Bertz CT molecular complexity index is 892. The highest BCUT2D eigenvalue weighted by Gasteiger charge is 2.14. The first-order chi connectivity index (χ1) is 20.2. The summed E-state index contributed by atoms with van der Waals surface area (Å²) in [5, 5.41) is 5.57. The number of ketones is 2. The molecule has 0 fully saturated rings. The van der Waals surface area contributed by atoms with Crippen molar-refractivity contribution in [2.75, 3.05) is 0 Å². The van der Waals surface area contributed by atoms with E-state index >= 15 is 0 Å². The predicted octanol–water partition coefficient (Wildman–Crippen LogP) is 11.7. The number of hydrogen-bond donors (Lipinski definition) is 0. The molecule has 250 valence electrons. The SMILES string of the molecule is CC(=O)c1ccnn1C.CC(=O)c1cnsc1.CCCC(CCC(C)CC)C(C)C.CCCC(CCC(C)CC)C(C)C. The monoisotopic (exact) mass is 620 g/mol. The first-order valence-electron chi connectivity index (χ1n) is 17.1. The first-order valence-corrected chi connectivity index (χ1v) is 18.0. The molecular formula is C37H69N3O2S. The van der Waals surface area contributed by atoms with E-state index in [2.05, 4.69) is 78.7 Å². The lowest BCUT2D eigenvalue weighted by molar-refractivity contribution is 0.0999. The van der Waals surface area contributed by atoms with Gasteiger partial charge in [0.2, 0.25) is 0 Å². The molecule has 6 heteroatoms. The Morgan fingerprint density at radius 3 is 1.42 bits per heavy atom. The summed E-state index contributed by atoms with van der Waals surface area (Å²) in [6.45, 7) is 26.5. The van der Waals surface area contributed by atoms with Crippen molar-refractivity contribution in [1.82, 2.24) is 14.2 Å². The van der Waals surface area contributed by atoms with E-state index in [1.807, 2.05) is 0 Å². The van der Waals surface area contributed by atoms with Gasteiger partial charge < -0.3 is 0 Å². The summed E-state index contributed by atoms with van der Waals surface area (Å²) < 4.78 is 5.32. The van der Waals surface area contributed by atoms with Crippen molar-refractivity contribution in [3.05, 3.63) is 35.1 Å². The van der Waals surface area contributed by atoms with E-state index in [-0.39, 0.29) is 11.6 Å². The van der Waals surface area contributed by atoms with Crippen molar-refractivity contribution in [2.24, 2.45) is 42.6 Å². The molecule has 2 aromatic heterocycles. The molecule has 0 saturated heterocycles. The number of rotatable bonds is 16. The summed E-state index contributed by atoms with van der Waals surface area (Å²) in [7, 11) is 1.75. The molecule has 2 heterocycles. The molecule has 4 unspecified atom stereocenters. The molecule has 0 aliphatic rings. The van der Waals surface area contributed by atoms with Crippen molar-refractivity contribution in [1.29, 1.82) is 0 Å². The number of carbonyl (C=O) groups excluding carboxylic acids is 2. The lowest BCUT2D eigenvalue weighted by Gasteiger charge is -2.21. The molecule has 0 radical (unpaired) electrons. The van der Waals surface area contributed by atoms with Gasteiger partial charge in [0.15, 0.2) is 11.6 Å². The molecule has 0 N–H and O–H groups in total. The van der Waals surface area contributed by atoms with Crippen LogP contribution < -0.4 is 0 Å². The van der Waals surface area contributed by atoms with E-state index < -0.39 is 0 Å². The van der Waals surface area contributed by atoms with E-state index in [0.717, 1.165) is 35.5 Å². The van der Waals surface area contributed by atoms with Gasteiger partial charge in [-0.1, -0.05) is 121 Å². The summed E-state index contributed by atoms with van der Waals surface area (Å²) in [6.07, 6.45) is 17.2. The fourth-order valence-electron chi connectivity index (χ4n) is 4.87. The van der Waals surface area contributed by atoms with Gasteiger partial charge in [-0.3, -0.25) is 14.3 Å². The number of hydrogen-bond acceptors (Lipinski definition) is 5. The van der Waals surface area contributed by atoms with Gasteiger partial charge in [0.25, 0.3) is 0 Å². The van der Waals surface area contributed by atoms with Crippen LogP contribution in [-0.2, 0) is 7.05 Å². The van der Waals surface area contributed by atoms with E-state index in [1.54, 1.807) is 35.6 Å². The first kappa shape index (κ1) is 43.3. The van der Waals surface area contributed by atoms with Crippen LogP contribution in [0.25, 0.3) is 0 Å². The molecular weight excluding hydrogens is 550 g/mol. The van der Waals surface area contributed by atoms with Crippen LogP contribution in [0.4, 0.5) is 0 Å². The zero-order chi connectivity index (χ0) is 33.4. The van der Waals surface area contributed by atoms with Crippen LogP contribution >= 0.6 is 11.5 Å². The highest BCUT2D eigenvalue weighted by Crippen LogP contribution is 2.26. The van der Waals surface area contributed by atoms with Gasteiger partial charge in [-0.2, -0.15) is 5.10 Å². The Balaban J connectivity index is 0. The Morgan fingerprint density at radius 2 is 1.21 bits per heavy atom. The molecule has 0 bridgehead atoms. The molecule has 0 saturated carbocycles. The predicted molar refractivity (Wildman–Crippen MR) is 189 cm³/mol. The maximum absolute atomic E-state index is 10.7. The van der Waals surface area contributed by atoms with Crippen LogP contribution in [-0.4, -0.2) is 25.7 Å². The molecule has 4 atom stereocenters. The molecule has 43 heavy (non-hydrogen) atoms. The van der Waals surface area contributed by atoms with Crippen LogP contribution in [0.3, 0.4) is 0 Å². The third kappa shape index (κ3) is 22.4. The Hall–Kier alpha value is -1.82. The minimum absolute atomic E-state index is 0.0509. The summed E-state index contributed by atoms with van der Waals surface area (Å²) in [5.41, 5.74) is 1.35. The van der Waals surface area contributed by atoms with Gasteiger partial charge in [0.05, 0.1) is 6.20 Å². The average Bonchev–Trinajstić information content (AvgIpc) is 3.66. The van der Waals surface area contributed by atoms with Gasteiger partial charge in [-0.05, 0) is 72.9 Å². The third-order valence-corrected chi connectivity index (χ3v) is 9.27. The molecule has 5 nitrogen and oxygen atoms in total. The minimum Gasteiger partial charge on any atom is -0.294 e. The standard InChI is InChI=1S/2C13H28.C6H8N2O.C5H5NOS/c2*1-6-8-13(11(3)4)10-9-12(5)7-2;1-5(9)6-3-4-7-8(6)2;1-4(7)5-2-6-8-3-5/h2*11-13H,6-10H2,1-5H3;3-4H,1-2H3;2-3H,1H3. The zero-order valence-corrected chi connectivity index (χ0v) is 31.2. The normalized spacial score (nSPS) is 13.5. The van der Waals surface area contributed by atoms with E-state index in [4.69, 9.17) is 0 Å². The van der Waals surface area contributed by atoms with Crippen molar-refractivity contribution in [3.63, 3.8) is 0 Å². The summed E-state index contributed by atoms with van der Waals surface area (Å²) >= 11 is 1.30. The van der Waals surface area contributed by atoms with Crippen LogP contribution in [0.5, 0.6) is 0 Å². The smallest absolute Gasteiger partial charge is 0.177 e. The third-order valence-electron chi connectivity index (χ3n) is 8.68. The second-order valence-electron chi connectivity index (χ2n) is 13.1. The molecule has 0 aromatic carbocycles. The quantitative estimate of drug-likeness (QED) is 0.175. The Kier molecular flexibility index (Phi) is 26.8. The fraction of sp³-hybridized carbons (Fsp3) is 0.784. The number of Topliss-reactive ketones (excluding diaryl/α,β-unsaturated/α-hetero) is 2. The lowest BCUT2D eigenvalue weighted by atomic mass is 9.85. The summed E-state index contributed by atoms with van der Waals surface area (Å²) in [4.78, 5) is 21.1. The summed E-state index contributed by atoms with van der Waals surface area (Å²) in [5.74, 6) is 5.69. The highest BCUT2D eigenvalue weighted by atomic mass is 32.1.